The molecule has 0 aliphatic carbocycles. The average molecular weight is 298 g/mol. The summed E-state index contributed by atoms with van der Waals surface area (Å²) in [5.41, 5.74) is 0.258. The van der Waals surface area contributed by atoms with E-state index in [1.54, 1.807) is 11.0 Å². The molecule has 1 aliphatic rings. The number of piperidine rings is 1. The van der Waals surface area contributed by atoms with Gasteiger partial charge in [-0.3, -0.25) is 4.79 Å². The number of hydrogen-bond acceptors (Lipinski definition) is 3. The van der Waals surface area contributed by atoms with Gasteiger partial charge in [-0.05, 0) is 37.5 Å². The third-order valence-corrected chi connectivity index (χ3v) is 3.65. The highest BCUT2D eigenvalue weighted by Crippen LogP contribution is 2.24. The topological polar surface area (TPSA) is 49.8 Å². The molecular formula is C15H20ClNO3. The summed E-state index contributed by atoms with van der Waals surface area (Å²) in [6.07, 6.45) is 2.96. The summed E-state index contributed by atoms with van der Waals surface area (Å²) in [4.78, 5) is 14.2. The van der Waals surface area contributed by atoms with Gasteiger partial charge in [0.05, 0.1) is 11.7 Å². The van der Waals surface area contributed by atoms with Crippen molar-refractivity contribution in [2.45, 2.75) is 32.3 Å². The minimum atomic E-state index is -0.185. The van der Waals surface area contributed by atoms with Crippen LogP contribution in [0.2, 0.25) is 5.02 Å². The molecule has 110 valence electrons. The Morgan fingerprint density at radius 2 is 2.35 bits per heavy atom. The molecule has 1 saturated heterocycles. The highest BCUT2D eigenvalue weighted by molar-refractivity contribution is 6.31. The van der Waals surface area contributed by atoms with E-state index in [9.17, 15) is 9.90 Å². The Morgan fingerprint density at radius 3 is 3.10 bits per heavy atom. The molecule has 4 nitrogen and oxygen atoms in total. The number of phenols is 1. The van der Waals surface area contributed by atoms with E-state index >= 15 is 0 Å². The smallest absolute Gasteiger partial charge is 0.257 e. The number of aromatic hydroxyl groups is 1. The van der Waals surface area contributed by atoms with Crippen molar-refractivity contribution in [3.05, 3.63) is 28.8 Å². The van der Waals surface area contributed by atoms with Gasteiger partial charge in [0.1, 0.15) is 5.75 Å². The maximum atomic E-state index is 12.4. The van der Waals surface area contributed by atoms with Crippen LogP contribution in [0, 0.1) is 0 Å². The van der Waals surface area contributed by atoms with Gasteiger partial charge < -0.3 is 14.7 Å². The summed E-state index contributed by atoms with van der Waals surface area (Å²) in [6, 6.07) is 4.53. The molecule has 1 aromatic rings. The van der Waals surface area contributed by atoms with Crippen molar-refractivity contribution < 1.29 is 14.6 Å². The number of carbonyl (C=O) groups is 1. The summed E-state index contributed by atoms with van der Waals surface area (Å²) < 4.78 is 5.72. The molecule has 1 heterocycles. The average Bonchev–Trinajstić information content (AvgIpc) is 2.47. The zero-order valence-corrected chi connectivity index (χ0v) is 12.4. The number of amides is 1. The van der Waals surface area contributed by atoms with Crippen molar-refractivity contribution in [3.8, 4) is 5.75 Å². The standard InChI is InChI=1S/C15H20ClNO3/c1-2-8-20-12-4-3-7-17(10-12)15(19)13-9-11(16)5-6-14(13)18/h5-6,9,12,18H,2-4,7-8,10H2,1H3/t12-/m0/s1. The van der Waals surface area contributed by atoms with E-state index in [4.69, 9.17) is 16.3 Å². The lowest BCUT2D eigenvalue weighted by Crippen LogP contribution is -2.43. The van der Waals surface area contributed by atoms with Gasteiger partial charge in [0.15, 0.2) is 0 Å². The van der Waals surface area contributed by atoms with E-state index in [2.05, 4.69) is 6.92 Å². The normalized spacial score (nSPS) is 19.1. The van der Waals surface area contributed by atoms with Gasteiger partial charge in [-0.15, -0.1) is 0 Å². The number of likely N-dealkylation sites (tertiary alicyclic amines) is 1. The van der Waals surface area contributed by atoms with Crippen LogP contribution >= 0.6 is 11.6 Å². The molecule has 0 spiro atoms. The van der Waals surface area contributed by atoms with E-state index in [0.717, 1.165) is 25.9 Å². The molecule has 2 rings (SSSR count). The van der Waals surface area contributed by atoms with Crippen LogP contribution in [0.3, 0.4) is 0 Å². The third-order valence-electron chi connectivity index (χ3n) is 3.41. The summed E-state index contributed by atoms with van der Waals surface area (Å²) in [5.74, 6) is -0.217. The predicted octanol–water partition coefficient (Wildman–Crippen LogP) is 3.08. The molecule has 1 N–H and O–H groups in total. The number of hydrogen-bond donors (Lipinski definition) is 1. The first-order valence-electron chi connectivity index (χ1n) is 7.01. The summed E-state index contributed by atoms with van der Waals surface area (Å²) in [6.45, 7) is 4.05. The minimum Gasteiger partial charge on any atom is -0.507 e. The van der Waals surface area contributed by atoms with E-state index < -0.39 is 0 Å². The molecule has 1 atom stereocenters. The van der Waals surface area contributed by atoms with Gasteiger partial charge in [0, 0.05) is 24.7 Å². The van der Waals surface area contributed by atoms with E-state index in [-0.39, 0.29) is 23.3 Å². The molecule has 0 saturated carbocycles. The van der Waals surface area contributed by atoms with Crippen LogP contribution in [0.5, 0.6) is 5.75 Å². The Morgan fingerprint density at radius 1 is 1.55 bits per heavy atom. The lowest BCUT2D eigenvalue weighted by atomic mass is 10.1. The van der Waals surface area contributed by atoms with Gasteiger partial charge in [0.25, 0.3) is 5.91 Å². The van der Waals surface area contributed by atoms with Crippen molar-refractivity contribution in [2.75, 3.05) is 19.7 Å². The zero-order valence-electron chi connectivity index (χ0n) is 11.6. The molecule has 0 aromatic heterocycles. The number of ether oxygens (including phenoxy) is 1. The summed E-state index contributed by atoms with van der Waals surface area (Å²) >= 11 is 5.89. The second-order valence-electron chi connectivity index (χ2n) is 5.05. The number of phenolic OH excluding ortho intramolecular Hbond substituents is 1. The number of benzene rings is 1. The van der Waals surface area contributed by atoms with Crippen LogP contribution in [-0.2, 0) is 4.74 Å². The van der Waals surface area contributed by atoms with Gasteiger partial charge in [-0.1, -0.05) is 18.5 Å². The lowest BCUT2D eigenvalue weighted by molar-refractivity contribution is 0.00202. The second kappa shape index (κ2) is 6.95. The van der Waals surface area contributed by atoms with Crippen LogP contribution in [-0.4, -0.2) is 41.7 Å². The number of halogens is 1. The zero-order chi connectivity index (χ0) is 14.5. The molecule has 1 fully saturated rings. The van der Waals surface area contributed by atoms with Crippen molar-refractivity contribution >= 4 is 17.5 Å². The SMILES string of the molecule is CCCO[C@H]1CCCN(C(=O)c2cc(Cl)ccc2O)C1. The number of carbonyl (C=O) groups excluding carboxylic acids is 1. The van der Waals surface area contributed by atoms with E-state index in [0.29, 0.717) is 18.1 Å². The predicted molar refractivity (Wildman–Crippen MR) is 78.3 cm³/mol. The molecule has 20 heavy (non-hydrogen) atoms. The van der Waals surface area contributed by atoms with Gasteiger partial charge >= 0.3 is 0 Å². The number of nitrogens with zero attached hydrogens (tertiary/aromatic N) is 1. The maximum Gasteiger partial charge on any atom is 0.257 e. The van der Waals surface area contributed by atoms with Crippen molar-refractivity contribution in [1.29, 1.82) is 0 Å². The summed E-state index contributed by atoms with van der Waals surface area (Å²) in [7, 11) is 0. The third kappa shape index (κ3) is 3.64. The monoisotopic (exact) mass is 297 g/mol. The molecular weight excluding hydrogens is 278 g/mol. The van der Waals surface area contributed by atoms with E-state index in [1.165, 1.54) is 12.1 Å². The fraction of sp³-hybridized carbons (Fsp3) is 0.533. The molecule has 1 aromatic carbocycles. The lowest BCUT2D eigenvalue weighted by Gasteiger charge is -2.32. The highest BCUT2D eigenvalue weighted by atomic mass is 35.5. The van der Waals surface area contributed by atoms with E-state index in [1.807, 2.05) is 0 Å². The second-order valence-corrected chi connectivity index (χ2v) is 5.48. The fourth-order valence-corrected chi connectivity index (χ4v) is 2.57. The molecule has 5 heteroatoms. The highest BCUT2D eigenvalue weighted by Gasteiger charge is 2.26. The molecule has 1 aliphatic heterocycles. The first-order valence-corrected chi connectivity index (χ1v) is 7.39. The Labute approximate surface area is 124 Å². The first-order chi connectivity index (χ1) is 9.61. The molecule has 0 radical (unpaired) electrons. The first kappa shape index (κ1) is 15.1. The molecule has 0 bridgehead atoms. The van der Waals surface area contributed by atoms with Crippen LogP contribution in [0.15, 0.2) is 18.2 Å². The summed E-state index contributed by atoms with van der Waals surface area (Å²) in [5, 5.41) is 10.3. The van der Waals surface area contributed by atoms with Crippen molar-refractivity contribution in [3.63, 3.8) is 0 Å². The fourth-order valence-electron chi connectivity index (χ4n) is 2.39. The maximum absolute atomic E-state index is 12.4. The Bertz CT molecular complexity index is 478. The Hall–Kier alpha value is -1.26. The molecule has 0 unspecified atom stereocenters. The Kier molecular flexibility index (Phi) is 5.26. The van der Waals surface area contributed by atoms with Crippen LogP contribution < -0.4 is 0 Å². The van der Waals surface area contributed by atoms with Crippen LogP contribution in [0.4, 0.5) is 0 Å². The van der Waals surface area contributed by atoms with Crippen molar-refractivity contribution in [2.24, 2.45) is 0 Å². The number of rotatable bonds is 4. The Balaban J connectivity index is 2.06. The molecule has 1 amide bonds. The van der Waals surface area contributed by atoms with Gasteiger partial charge in [0.2, 0.25) is 0 Å². The largest absolute Gasteiger partial charge is 0.507 e. The minimum absolute atomic E-state index is 0.0315. The van der Waals surface area contributed by atoms with Crippen LogP contribution in [0.1, 0.15) is 36.5 Å². The van der Waals surface area contributed by atoms with Gasteiger partial charge in [-0.25, -0.2) is 0 Å². The quantitative estimate of drug-likeness (QED) is 0.929. The van der Waals surface area contributed by atoms with Crippen LogP contribution in [0.25, 0.3) is 0 Å². The van der Waals surface area contributed by atoms with Gasteiger partial charge in [-0.2, -0.15) is 0 Å². The van der Waals surface area contributed by atoms with Crippen molar-refractivity contribution in [1.82, 2.24) is 4.90 Å².